The molecule has 1 amide bonds. The standard InChI is InChI=1S/C21H20N4O/c26-21-16-12-19(24-18(16)8-10-23-21)15-4-1-3-14(11-15)17-7-6-13-5-2-9-22-20(13)25-17/h1,3-4,6-7,11-12,24H,2,5,8-10H2,(H,22,25)(H,23,26). The molecule has 2 aromatic heterocycles. The number of aromatic amines is 1. The Morgan fingerprint density at radius 1 is 0.923 bits per heavy atom. The average Bonchev–Trinajstić information content (AvgIpc) is 3.14. The van der Waals surface area contributed by atoms with Crippen molar-refractivity contribution in [3.63, 3.8) is 0 Å². The van der Waals surface area contributed by atoms with Gasteiger partial charge < -0.3 is 15.6 Å². The first-order chi connectivity index (χ1) is 12.8. The van der Waals surface area contributed by atoms with Crippen LogP contribution in [0, 0.1) is 0 Å². The molecule has 3 N–H and O–H groups in total. The van der Waals surface area contributed by atoms with Crippen LogP contribution in [-0.4, -0.2) is 29.0 Å². The average molecular weight is 344 g/mol. The first-order valence-electron chi connectivity index (χ1n) is 9.12. The molecule has 26 heavy (non-hydrogen) atoms. The zero-order chi connectivity index (χ0) is 17.5. The maximum absolute atomic E-state index is 12.0. The summed E-state index contributed by atoms with van der Waals surface area (Å²) in [5.41, 5.74) is 7.16. The summed E-state index contributed by atoms with van der Waals surface area (Å²) in [4.78, 5) is 20.2. The van der Waals surface area contributed by atoms with Gasteiger partial charge >= 0.3 is 0 Å². The van der Waals surface area contributed by atoms with Crippen LogP contribution in [0.25, 0.3) is 22.5 Å². The third-order valence-electron chi connectivity index (χ3n) is 5.17. The van der Waals surface area contributed by atoms with E-state index in [9.17, 15) is 4.79 Å². The molecular formula is C21H20N4O. The second kappa shape index (κ2) is 6.02. The number of nitrogens with zero attached hydrogens (tertiary/aromatic N) is 1. The van der Waals surface area contributed by atoms with E-state index in [0.717, 1.165) is 65.4 Å². The highest BCUT2D eigenvalue weighted by atomic mass is 16.1. The van der Waals surface area contributed by atoms with E-state index >= 15 is 0 Å². The lowest BCUT2D eigenvalue weighted by Gasteiger charge is -2.17. The van der Waals surface area contributed by atoms with E-state index in [-0.39, 0.29) is 5.91 Å². The summed E-state index contributed by atoms with van der Waals surface area (Å²) in [6.45, 7) is 1.68. The molecule has 0 saturated carbocycles. The predicted molar refractivity (Wildman–Crippen MR) is 102 cm³/mol. The van der Waals surface area contributed by atoms with Gasteiger partial charge in [0.05, 0.1) is 11.3 Å². The SMILES string of the molecule is O=C1NCCc2[nH]c(-c3cccc(-c4ccc5c(n4)NCCC5)c3)cc21. The van der Waals surface area contributed by atoms with Gasteiger partial charge in [0.25, 0.3) is 5.91 Å². The van der Waals surface area contributed by atoms with Gasteiger partial charge in [0, 0.05) is 36.5 Å². The lowest BCUT2D eigenvalue weighted by molar-refractivity contribution is 0.0946. The third-order valence-corrected chi connectivity index (χ3v) is 5.17. The van der Waals surface area contributed by atoms with Crippen molar-refractivity contribution in [3.8, 4) is 22.5 Å². The van der Waals surface area contributed by atoms with Crippen LogP contribution in [0.2, 0.25) is 0 Å². The van der Waals surface area contributed by atoms with Crippen molar-refractivity contribution in [2.24, 2.45) is 0 Å². The summed E-state index contributed by atoms with van der Waals surface area (Å²) in [6, 6.07) is 14.5. The molecule has 1 aromatic carbocycles. The highest BCUT2D eigenvalue weighted by Crippen LogP contribution is 2.29. The van der Waals surface area contributed by atoms with Gasteiger partial charge in [-0.25, -0.2) is 4.98 Å². The van der Waals surface area contributed by atoms with Gasteiger partial charge in [-0.05, 0) is 42.2 Å². The minimum atomic E-state index is 0.00679. The summed E-state index contributed by atoms with van der Waals surface area (Å²) < 4.78 is 0. The van der Waals surface area contributed by atoms with Gasteiger partial charge in [-0.3, -0.25) is 4.79 Å². The van der Waals surface area contributed by atoms with Crippen LogP contribution >= 0.6 is 0 Å². The number of nitrogens with one attached hydrogen (secondary N) is 3. The molecule has 2 aliphatic rings. The zero-order valence-corrected chi connectivity index (χ0v) is 14.4. The lowest BCUT2D eigenvalue weighted by atomic mass is 10.0. The monoisotopic (exact) mass is 344 g/mol. The van der Waals surface area contributed by atoms with Crippen LogP contribution in [0.5, 0.6) is 0 Å². The highest BCUT2D eigenvalue weighted by molar-refractivity contribution is 5.97. The third kappa shape index (κ3) is 2.56. The van der Waals surface area contributed by atoms with E-state index in [1.165, 1.54) is 5.56 Å². The predicted octanol–water partition coefficient (Wildman–Crippen LogP) is 3.39. The highest BCUT2D eigenvalue weighted by Gasteiger charge is 2.20. The van der Waals surface area contributed by atoms with Gasteiger partial charge in [0.2, 0.25) is 0 Å². The van der Waals surface area contributed by atoms with Crippen molar-refractivity contribution in [2.45, 2.75) is 19.3 Å². The molecule has 0 unspecified atom stereocenters. The number of pyridine rings is 1. The minimum absolute atomic E-state index is 0.00679. The van der Waals surface area contributed by atoms with E-state index in [1.807, 2.05) is 12.1 Å². The molecule has 0 radical (unpaired) electrons. The molecule has 5 rings (SSSR count). The maximum Gasteiger partial charge on any atom is 0.253 e. The first kappa shape index (κ1) is 15.2. The van der Waals surface area contributed by atoms with Gasteiger partial charge in [-0.15, -0.1) is 0 Å². The van der Waals surface area contributed by atoms with E-state index < -0.39 is 0 Å². The fraction of sp³-hybridized carbons (Fsp3) is 0.238. The molecule has 0 saturated heterocycles. The number of fused-ring (bicyclic) bond motifs is 2. The van der Waals surface area contributed by atoms with Gasteiger partial charge in [0.15, 0.2) is 0 Å². The number of anilines is 1. The van der Waals surface area contributed by atoms with Crippen molar-refractivity contribution in [3.05, 3.63) is 59.3 Å². The van der Waals surface area contributed by atoms with Crippen LogP contribution < -0.4 is 10.6 Å². The number of amides is 1. The van der Waals surface area contributed by atoms with E-state index in [0.29, 0.717) is 6.54 Å². The molecule has 0 atom stereocenters. The Kier molecular flexibility index (Phi) is 3.52. The number of rotatable bonds is 2. The zero-order valence-electron chi connectivity index (χ0n) is 14.4. The van der Waals surface area contributed by atoms with Gasteiger partial charge in [-0.1, -0.05) is 24.3 Å². The molecule has 130 valence electrons. The Morgan fingerprint density at radius 3 is 2.77 bits per heavy atom. The van der Waals surface area contributed by atoms with E-state index in [2.05, 4.69) is 45.9 Å². The number of hydrogen-bond donors (Lipinski definition) is 3. The Hall–Kier alpha value is -3.08. The normalized spacial score (nSPS) is 15.6. The van der Waals surface area contributed by atoms with Crippen LogP contribution in [0.1, 0.15) is 28.0 Å². The Balaban J connectivity index is 1.53. The Bertz CT molecular complexity index is 1000. The van der Waals surface area contributed by atoms with Crippen molar-refractivity contribution < 1.29 is 4.79 Å². The Morgan fingerprint density at radius 2 is 1.85 bits per heavy atom. The Labute approximate surface area is 151 Å². The molecule has 0 spiro atoms. The summed E-state index contributed by atoms with van der Waals surface area (Å²) in [5.74, 6) is 1.01. The van der Waals surface area contributed by atoms with Crippen LogP contribution in [-0.2, 0) is 12.8 Å². The number of H-pyrrole nitrogens is 1. The van der Waals surface area contributed by atoms with Gasteiger partial charge in [-0.2, -0.15) is 0 Å². The molecule has 0 bridgehead atoms. The van der Waals surface area contributed by atoms with Crippen molar-refractivity contribution in [2.75, 3.05) is 18.4 Å². The molecule has 2 aliphatic heterocycles. The van der Waals surface area contributed by atoms with E-state index in [4.69, 9.17) is 4.98 Å². The van der Waals surface area contributed by atoms with Gasteiger partial charge in [0.1, 0.15) is 5.82 Å². The summed E-state index contributed by atoms with van der Waals surface area (Å²) >= 11 is 0. The largest absolute Gasteiger partial charge is 0.370 e. The smallest absolute Gasteiger partial charge is 0.253 e. The van der Waals surface area contributed by atoms with Crippen LogP contribution in [0.3, 0.4) is 0 Å². The molecule has 5 nitrogen and oxygen atoms in total. The molecular weight excluding hydrogens is 324 g/mol. The fourth-order valence-corrected chi connectivity index (χ4v) is 3.78. The topological polar surface area (TPSA) is 69.8 Å². The second-order valence-corrected chi connectivity index (χ2v) is 6.90. The summed E-state index contributed by atoms with van der Waals surface area (Å²) in [6.07, 6.45) is 3.10. The number of carbonyl (C=O) groups excluding carboxylic acids is 1. The van der Waals surface area contributed by atoms with Crippen LogP contribution in [0.4, 0.5) is 5.82 Å². The number of carbonyl (C=O) groups is 1. The number of aromatic nitrogens is 2. The van der Waals surface area contributed by atoms with Crippen LogP contribution in [0.15, 0.2) is 42.5 Å². The molecule has 3 aromatic rings. The molecule has 0 fully saturated rings. The van der Waals surface area contributed by atoms with Crippen molar-refractivity contribution in [1.29, 1.82) is 0 Å². The molecule has 0 aliphatic carbocycles. The fourth-order valence-electron chi connectivity index (χ4n) is 3.78. The quantitative estimate of drug-likeness (QED) is 0.667. The number of aryl methyl sites for hydroxylation is 1. The maximum atomic E-state index is 12.0. The molecule has 5 heteroatoms. The lowest BCUT2D eigenvalue weighted by Crippen LogP contribution is -2.31. The van der Waals surface area contributed by atoms with Crippen molar-refractivity contribution >= 4 is 11.7 Å². The minimum Gasteiger partial charge on any atom is -0.370 e. The molecule has 4 heterocycles. The summed E-state index contributed by atoms with van der Waals surface area (Å²) in [7, 11) is 0. The summed E-state index contributed by atoms with van der Waals surface area (Å²) in [5, 5.41) is 6.29. The van der Waals surface area contributed by atoms with Crippen molar-refractivity contribution in [1.82, 2.24) is 15.3 Å². The number of hydrogen-bond acceptors (Lipinski definition) is 3. The second-order valence-electron chi connectivity index (χ2n) is 6.90. The first-order valence-corrected chi connectivity index (χ1v) is 9.12. The number of benzene rings is 1. The van der Waals surface area contributed by atoms with E-state index in [1.54, 1.807) is 0 Å².